The second-order valence-electron chi connectivity index (χ2n) is 9.63. The molecule has 200 valence electrons. The number of fused-ring (bicyclic) bond motifs is 1. The maximum atomic E-state index is 13.7. The van der Waals surface area contributed by atoms with Gasteiger partial charge in [0.25, 0.3) is 5.91 Å². The molecule has 1 saturated carbocycles. The standard InChI is InChI=1S/C31H28F2N2O4/c1-38-26-6-2-4-21(17-26)18-29(37)39-19-28(36)35-31(22-10-14-25(33)15-11-22)27-7-3-5-23(30(27)34-35)16-20-8-12-24(32)13-9-20/h2,4,6,8-17,27,31H,3,5,7,18-19H2,1H3. The molecular formula is C31H28F2N2O4. The number of methoxy groups -OCH3 is 1. The SMILES string of the molecule is COc1cccc(CC(=O)OCC(=O)N2N=C3C(=Cc4ccc(F)cc4)CCCC3C2c2ccc(F)cc2)c1. The molecule has 2 aliphatic rings. The molecule has 2 atom stereocenters. The third-order valence-electron chi connectivity index (χ3n) is 7.02. The number of halogens is 2. The molecule has 1 heterocycles. The molecule has 3 aromatic carbocycles. The van der Waals surface area contributed by atoms with E-state index in [0.29, 0.717) is 11.3 Å². The Morgan fingerprint density at radius 1 is 1.03 bits per heavy atom. The number of hydrogen-bond acceptors (Lipinski definition) is 5. The fraction of sp³-hybridized carbons (Fsp3) is 0.258. The number of allylic oxidation sites excluding steroid dienone is 1. The van der Waals surface area contributed by atoms with Gasteiger partial charge in [-0.3, -0.25) is 9.59 Å². The largest absolute Gasteiger partial charge is 0.497 e. The molecule has 0 aromatic heterocycles. The van der Waals surface area contributed by atoms with Gasteiger partial charge in [-0.05, 0) is 84.0 Å². The second-order valence-corrected chi connectivity index (χ2v) is 9.63. The van der Waals surface area contributed by atoms with Crippen LogP contribution in [0.2, 0.25) is 0 Å². The molecule has 8 heteroatoms. The number of ether oxygens (including phenoxy) is 2. The molecule has 3 aromatic rings. The Balaban J connectivity index is 1.37. The highest BCUT2D eigenvalue weighted by molar-refractivity contribution is 6.08. The number of carbonyl (C=O) groups is 2. The van der Waals surface area contributed by atoms with Crippen LogP contribution in [-0.4, -0.2) is 36.3 Å². The average molecular weight is 531 g/mol. The summed E-state index contributed by atoms with van der Waals surface area (Å²) < 4.78 is 37.7. The van der Waals surface area contributed by atoms with Crippen LogP contribution in [0.4, 0.5) is 8.78 Å². The van der Waals surface area contributed by atoms with Gasteiger partial charge in [0.1, 0.15) is 17.4 Å². The van der Waals surface area contributed by atoms with Gasteiger partial charge in [-0.2, -0.15) is 5.10 Å². The number of rotatable bonds is 7. The average Bonchev–Trinajstić information content (AvgIpc) is 3.34. The quantitative estimate of drug-likeness (QED) is 0.358. The van der Waals surface area contributed by atoms with E-state index in [1.807, 2.05) is 6.08 Å². The summed E-state index contributed by atoms with van der Waals surface area (Å²) >= 11 is 0. The molecular weight excluding hydrogens is 502 g/mol. The number of hydrazone groups is 1. The fourth-order valence-corrected chi connectivity index (χ4v) is 5.17. The van der Waals surface area contributed by atoms with Gasteiger partial charge in [0.15, 0.2) is 6.61 Å². The Morgan fingerprint density at radius 3 is 2.46 bits per heavy atom. The van der Waals surface area contributed by atoms with E-state index in [0.717, 1.165) is 41.7 Å². The topological polar surface area (TPSA) is 68.2 Å². The first-order valence-corrected chi connectivity index (χ1v) is 12.8. The van der Waals surface area contributed by atoms with Crippen LogP contribution < -0.4 is 4.74 Å². The number of esters is 1. The van der Waals surface area contributed by atoms with E-state index in [9.17, 15) is 18.4 Å². The molecule has 0 saturated heterocycles. The highest BCUT2D eigenvalue weighted by Gasteiger charge is 2.43. The molecule has 5 rings (SSSR count). The maximum Gasteiger partial charge on any atom is 0.310 e. The number of nitrogens with zero attached hydrogens (tertiary/aromatic N) is 2. The lowest BCUT2D eigenvalue weighted by atomic mass is 9.77. The van der Waals surface area contributed by atoms with Crippen LogP contribution in [-0.2, 0) is 20.7 Å². The Kier molecular flexibility index (Phi) is 7.81. The summed E-state index contributed by atoms with van der Waals surface area (Å²) in [6.45, 7) is -0.471. The van der Waals surface area contributed by atoms with E-state index in [1.165, 1.54) is 29.3 Å². The van der Waals surface area contributed by atoms with Gasteiger partial charge in [-0.1, -0.05) is 36.4 Å². The molecule has 0 bridgehead atoms. The predicted octanol–water partition coefficient (Wildman–Crippen LogP) is 5.88. The minimum absolute atomic E-state index is 0.00638. The summed E-state index contributed by atoms with van der Waals surface area (Å²) in [6, 6.07) is 18.9. The van der Waals surface area contributed by atoms with Crippen molar-refractivity contribution >= 4 is 23.7 Å². The van der Waals surface area contributed by atoms with Crippen molar-refractivity contribution in [2.24, 2.45) is 11.0 Å². The zero-order chi connectivity index (χ0) is 27.4. The number of benzene rings is 3. The molecule has 39 heavy (non-hydrogen) atoms. The first kappa shape index (κ1) is 26.3. The molecule has 1 aliphatic carbocycles. The van der Waals surface area contributed by atoms with Gasteiger partial charge >= 0.3 is 5.97 Å². The van der Waals surface area contributed by atoms with Crippen LogP contribution in [0.5, 0.6) is 5.75 Å². The van der Waals surface area contributed by atoms with E-state index >= 15 is 0 Å². The van der Waals surface area contributed by atoms with Crippen molar-refractivity contribution in [2.75, 3.05) is 13.7 Å². The zero-order valence-electron chi connectivity index (χ0n) is 21.5. The summed E-state index contributed by atoms with van der Waals surface area (Å²) in [5, 5.41) is 6.10. The van der Waals surface area contributed by atoms with Crippen LogP contribution in [0, 0.1) is 17.6 Å². The first-order valence-electron chi connectivity index (χ1n) is 12.8. The molecule has 2 unspecified atom stereocenters. The van der Waals surface area contributed by atoms with Crippen molar-refractivity contribution in [3.05, 3.63) is 107 Å². The van der Waals surface area contributed by atoms with Crippen LogP contribution in [0.15, 0.2) is 83.5 Å². The zero-order valence-corrected chi connectivity index (χ0v) is 21.5. The van der Waals surface area contributed by atoms with E-state index < -0.39 is 24.5 Å². The normalized spacial score (nSPS) is 19.4. The molecule has 0 spiro atoms. The van der Waals surface area contributed by atoms with Crippen molar-refractivity contribution in [1.82, 2.24) is 5.01 Å². The Bertz CT molecular complexity index is 1420. The molecule has 0 N–H and O–H groups in total. The monoisotopic (exact) mass is 530 g/mol. The smallest absolute Gasteiger partial charge is 0.310 e. The first-order chi connectivity index (χ1) is 18.9. The van der Waals surface area contributed by atoms with E-state index in [1.54, 1.807) is 55.6 Å². The van der Waals surface area contributed by atoms with Gasteiger partial charge < -0.3 is 9.47 Å². The minimum atomic E-state index is -0.545. The van der Waals surface area contributed by atoms with Crippen LogP contribution in [0.25, 0.3) is 6.08 Å². The van der Waals surface area contributed by atoms with Crippen molar-refractivity contribution < 1.29 is 27.8 Å². The van der Waals surface area contributed by atoms with Gasteiger partial charge in [0.2, 0.25) is 0 Å². The third kappa shape index (κ3) is 6.06. The summed E-state index contributed by atoms with van der Waals surface area (Å²) in [5.41, 5.74) is 4.04. The van der Waals surface area contributed by atoms with Crippen LogP contribution >= 0.6 is 0 Å². The number of hydrogen-bond donors (Lipinski definition) is 0. The summed E-state index contributed by atoms with van der Waals surface area (Å²) in [4.78, 5) is 25.9. The van der Waals surface area contributed by atoms with E-state index in [-0.39, 0.29) is 24.0 Å². The molecule has 1 fully saturated rings. The molecule has 0 radical (unpaired) electrons. The predicted molar refractivity (Wildman–Crippen MR) is 143 cm³/mol. The summed E-state index contributed by atoms with van der Waals surface area (Å²) in [6.07, 6.45) is 4.40. The highest BCUT2D eigenvalue weighted by Crippen LogP contribution is 2.44. The van der Waals surface area contributed by atoms with Crippen molar-refractivity contribution in [3.8, 4) is 5.75 Å². The van der Waals surface area contributed by atoms with Crippen LogP contribution in [0.1, 0.15) is 42.0 Å². The van der Waals surface area contributed by atoms with E-state index in [4.69, 9.17) is 14.6 Å². The number of amides is 1. The van der Waals surface area contributed by atoms with Gasteiger partial charge in [-0.15, -0.1) is 0 Å². The van der Waals surface area contributed by atoms with Crippen molar-refractivity contribution in [1.29, 1.82) is 0 Å². The summed E-state index contributed by atoms with van der Waals surface area (Å²) in [7, 11) is 1.54. The Labute approximate surface area is 225 Å². The second kappa shape index (κ2) is 11.6. The molecule has 1 aliphatic heterocycles. The highest BCUT2D eigenvalue weighted by atomic mass is 19.1. The molecule has 6 nitrogen and oxygen atoms in total. The Hall–Kier alpha value is -4.33. The lowest BCUT2D eigenvalue weighted by Gasteiger charge is -2.29. The lowest BCUT2D eigenvalue weighted by molar-refractivity contribution is -0.152. The minimum Gasteiger partial charge on any atom is -0.497 e. The maximum absolute atomic E-state index is 13.7. The Morgan fingerprint density at radius 2 is 1.74 bits per heavy atom. The lowest BCUT2D eigenvalue weighted by Crippen LogP contribution is -2.34. The van der Waals surface area contributed by atoms with E-state index in [2.05, 4.69) is 0 Å². The summed E-state index contributed by atoms with van der Waals surface area (Å²) in [5.74, 6) is -1.18. The van der Waals surface area contributed by atoms with Crippen LogP contribution in [0.3, 0.4) is 0 Å². The van der Waals surface area contributed by atoms with Crippen molar-refractivity contribution in [2.45, 2.75) is 31.7 Å². The van der Waals surface area contributed by atoms with Gasteiger partial charge in [0, 0.05) is 5.92 Å². The molecule has 1 amide bonds. The third-order valence-corrected chi connectivity index (χ3v) is 7.02. The number of carbonyl (C=O) groups excluding carboxylic acids is 2. The van der Waals surface area contributed by atoms with Gasteiger partial charge in [0.05, 0.1) is 25.3 Å². The fourth-order valence-electron chi connectivity index (χ4n) is 5.17. The van der Waals surface area contributed by atoms with Crippen molar-refractivity contribution in [3.63, 3.8) is 0 Å². The van der Waals surface area contributed by atoms with Gasteiger partial charge in [-0.25, -0.2) is 13.8 Å².